The number of hydrogen-bond donors (Lipinski definition) is 0. The van der Waals surface area contributed by atoms with Crippen LogP contribution in [-0.2, 0) is 0 Å². The number of hydrogen-bond acceptors (Lipinski definition) is 1. The van der Waals surface area contributed by atoms with Crippen molar-refractivity contribution >= 4 is 23.2 Å². The number of imidazole rings is 1. The van der Waals surface area contributed by atoms with Crippen LogP contribution in [0.4, 0.5) is 0 Å². The van der Waals surface area contributed by atoms with Gasteiger partial charge in [0.05, 0.1) is 0 Å². The van der Waals surface area contributed by atoms with Crippen molar-refractivity contribution in [1.29, 1.82) is 0 Å². The lowest BCUT2D eigenvalue weighted by Gasteiger charge is -2.08. The molecule has 0 aliphatic carbocycles. The molecule has 0 amide bonds. The Morgan fingerprint density at radius 3 is 2.00 bits per heavy atom. The second-order valence-electron chi connectivity index (χ2n) is 4.10. The van der Waals surface area contributed by atoms with Crippen molar-refractivity contribution in [3.8, 4) is 17.1 Å². The van der Waals surface area contributed by atoms with E-state index in [0.717, 1.165) is 22.1 Å². The monoisotopic (exact) mass is 288 g/mol. The SMILES string of the molecule is Clc1ccc(-c2nccn2-c2ccc(Cl)cc2)cc1. The van der Waals surface area contributed by atoms with E-state index >= 15 is 0 Å². The van der Waals surface area contributed by atoms with E-state index in [-0.39, 0.29) is 0 Å². The maximum absolute atomic E-state index is 5.91. The summed E-state index contributed by atoms with van der Waals surface area (Å²) in [4.78, 5) is 4.40. The van der Waals surface area contributed by atoms with E-state index in [1.54, 1.807) is 6.20 Å². The molecule has 0 fully saturated rings. The normalized spacial score (nSPS) is 10.6. The van der Waals surface area contributed by atoms with Gasteiger partial charge >= 0.3 is 0 Å². The minimum absolute atomic E-state index is 0.716. The van der Waals surface area contributed by atoms with Gasteiger partial charge in [-0.2, -0.15) is 0 Å². The third-order valence-electron chi connectivity index (χ3n) is 2.85. The van der Waals surface area contributed by atoms with Gasteiger partial charge in [-0.25, -0.2) is 4.98 Å². The first-order valence-electron chi connectivity index (χ1n) is 5.79. The molecule has 1 aromatic heterocycles. The largest absolute Gasteiger partial charge is 0.300 e. The summed E-state index contributed by atoms with van der Waals surface area (Å²) in [7, 11) is 0. The minimum Gasteiger partial charge on any atom is -0.300 e. The second kappa shape index (κ2) is 5.08. The van der Waals surface area contributed by atoms with Crippen LogP contribution in [0.5, 0.6) is 0 Å². The summed E-state index contributed by atoms with van der Waals surface area (Å²) >= 11 is 11.8. The molecule has 1 heterocycles. The molecule has 0 spiro atoms. The average Bonchev–Trinajstić information content (AvgIpc) is 2.90. The predicted octanol–water partition coefficient (Wildman–Crippen LogP) is 4.85. The van der Waals surface area contributed by atoms with Crippen molar-refractivity contribution in [2.75, 3.05) is 0 Å². The molecule has 0 bridgehead atoms. The van der Waals surface area contributed by atoms with Gasteiger partial charge in [0.1, 0.15) is 5.82 Å². The number of halogens is 2. The van der Waals surface area contributed by atoms with Crippen molar-refractivity contribution in [3.05, 3.63) is 71.0 Å². The topological polar surface area (TPSA) is 17.8 Å². The van der Waals surface area contributed by atoms with Gasteiger partial charge in [0.2, 0.25) is 0 Å². The fourth-order valence-electron chi connectivity index (χ4n) is 1.93. The molecule has 0 N–H and O–H groups in total. The fourth-order valence-corrected chi connectivity index (χ4v) is 2.18. The fraction of sp³-hybridized carbons (Fsp3) is 0. The highest BCUT2D eigenvalue weighted by molar-refractivity contribution is 6.30. The third-order valence-corrected chi connectivity index (χ3v) is 3.35. The Bertz CT molecular complexity index is 625. The Morgan fingerprint density at radius 2 is 1.37 bits per heavy atom. The highest BCUT2D eigenvalue weighted by Crippen LogP contribution is 2.23. The lowest BCUT2D eigenvalue weighted by Crippen LogP contribution is -1.95. The van der Waals surface area contributed by atoms with Gasteiger partial charge < -0.3 is 0 Å². The second-order valence-corrected chi connectivity index (χ2v) is 4.98. The molecule has 0 aliphatic heterocycles. The van der Waals surface area contributed by atoms with E-state index in [2.05, 4.69) is 4.98 Å². The van der Waals surface area contributed by atoms with Crippen LogP contribution >= 0.6 is 23.2 Å². The molecular formula is C15H10Cl2N2. The average molecular weight is 289 g/mol. The van der Waals surface area contributed by atoms with E-state index in [0.29, 0.717) is 5.02 Å². The molecule has 94 valence electrons. The molecule has 4 heteroatoms. The Kier molecular flexibility index (Phi) is 3.28. The summed E-state index contributed by atoms with van der Waals surface area (Å²) in [6.07, 6.45) is 3.70. The van der Waals surface area contributed by atoms with Crippen molar-refractivity contribution < 1.29 is 0 Å². The van der Waals surface area contributed by atoms with Gasteiger partial charge in [0.25, 0.3) is 0 Å². The maximum Gasteiger partial charge on any atom is 0.144 e. The quantitative estimate of drug-likeness (QED) is 0.659. The van der Waals surface area contributed by atoms with Crippen LogP contribution in [0.3, 0.4) is 0 Å². The van der Waals surface area contributed by atoms with E-state index in [1.165, 1.54) is 0 Å². The van der Waals surface area contributed by atoms with Crippen LogP contribution in [0.2, 0.25) is 10.0 Å². The van der Waals surface area contributed by atoms with Crippen molar-refractivity contribution in [3.63, 3.8) is 0 Å². The maximum atomic E-state index is 5.91. The first-order valence-corrected chi connectivity index (χ1v) is 6.55. The van der Waals surface area contributed by atoms with Crippen LogP contribution in [0.15, 0.2) is 60.9 Å². The summed E-state index contributed by atoms with van der Waals surface area (Å²) in [5, 5.41) is 1.44. The molecule has 3 rings (SSSR count). The molecule has 0 aliphatic rings. The van der Waals surface area contributed by atoms with Gasteiger partial charge in [-0.05, 0) is 48.5 Å². The molecular weight excluding hydrogens is 279 g/mol. The standard InChI is InChI=1S/C15H10Cl2N2/c16-12-3-1-11(2-4-12)15-18-9-10-19(15)14-7-5-13(17)6-8-14/h1-10H. The smallest absolute Gasteiger partial charge is 0.144 e. The Morgan fingerprint density at radius 1 is 0.789 bits per heavy atom. The molecule has 0 atom stereocenters. The summed E-state index contributed by atoms with van der Waals surface area (Å²) in [6, 6.07) is 15.3. The molecule has 0 unspecified atom stereocenters. The number of rotatable bonds is 2. The Labute approximate surface area is 121 Å². The van der Waals surface area contributed by atoms with Gasteiger partial charge in [0, 0.05) is 33.7 Å². The summed E-state index contributed by atoms with van der Waals surface area (Å²) in [6.45, 7) is 0. The molecule has 3 aromatic rings. The molecule has 2 aromatic carbocycles. The lowest BCUT2D eigenvalue weighted by molar-refractivity contribution is 1.07. The lowest BCUT2D eigenvalue weighted by atomic mass is 10.2. The summed E-state index contributed by atoms with van der Waals surface area (Å²) in [5.41, 5.74) is 2.04. The van der Waals surface area contributed by atoms with E-state index in [4.69, 9.17) is 23.2 Å². The number of nitrogens with zero attached hydrogens (tertiary/aromatic N) is 2. The van der Waals surface area contributed by atoms with Crippen LogP contribution in [0, 0.1) is 0 Å². The zero-order valence-electron chi connectivity index (χ0n) is 9.92. The van der Waals surface area contributed by atoms with E-state index in [1.807, 2.05) is 59.3 Å². The first kappa shape index (κ1) is 12.3. The molecule has 19 heavy (non-hydrogen) atoms. The molecule has 0 saturated carbocycles. The van der Waals surface area contributed by atoms with Crippen molar-refractivity contribution in [2.24, 2.45) is 0 Å². The zero-order chi connectivity index (χ0) is 13.2. The minimum atomic E-state index is 0.716. The zero-order valence-corrected chi connectivity index (χ0v) is 11.4. The van der Waals surface area contributed by atoms with Gasteiger partial charge in [-0.1, -0.05) is 23.2 Å². The molecule has 0 radical (unpaired) electrons. The number of benzene rings is 2. The predicted molar refractivity (Wildman–Crippen MR) is 79.0 cm³/mol. The van der Waals surface area contributed by atoms with Crippen LogP contribution in [0.1, 0.15) is 0 Å². The summed E-state index contributed by atoms with van der Waals surface area (Å²) < 4.78 is 2.01. The first-order chi connectivity index (χ1) is 9.24. The van der Waals surface area contributed by atoms with Crippen LogP contribution in [0.25, 0.3) is 17.1 Å². The van der Waals surface area contributed by atoms with Crippen LogP contribution in [-0.4, -0.2) is 9.55 Å². The highest BCUT2D eigenvalue weighted by atomic mass is 35.5. The van der Waals surface area contributed by atoms with Gasteiger partial charge in [-0.3, -0.25) is 4.57 Å². The van der Waals surface area contributed by atoms with Crippen molar-refractivity contribution in [2.45, 2.75) is 0 Å². The van der Waals surface area contributed by atoms with E-state index < -0.39 is 0 Å². The van der Waals surface area contributed by atoms with Gasteiger partial charge in [-0.15, -0.1) is 0 Å². The van der Waals surface area contributed by atoms with Gasteiger partial charge in [0.15, 0.2) is 0 Å². The van der Waals surface area contributed by atoms with E-state index in [9.17, 15) is 0 Å². The molecule has 0 saturated heterocycles. The van der Waals surface area contributed by atoms with Crippen molar-refractivity contribution in [1.82, 2.24) is 9.55 Å². The Balaban J connectivity index is 2.07. The Hall–Kier alpha value is -1.77. The summed E-state index contributed by atoms with van der Waals surface area (Å²) in [5.74, 6) is 0.874. The highest BCUT2D eigenvalue weighted by Gasteiger charge is 2.07. The van der Waals surface area contributed by atoms with Crippen LogP contribution < -0.4 is 0 Å². The third kappa shape index (κ3) is 2.50. The molecule has 2 nitrogen and oxygen atoms in total. The number of aromatic nitrogens is 2.